The Morgan fingerprint density at radius 1 is 0.545 bits per heavy atom. The normalized spacial score (nSPS) is 11.7. The van der Waals surface area contributed by atoms with Gasteiger partial charge in [-0.05, 0) is 53.1 Å². The van der Waals surface area contributed by atoms with Crippen LogP contribution in [0.15, 0.2) is 54.6 Å². The maximum Gasteiger partial charge on any atom is 0.404 e. The molecule has 0 saturated heterocycles. The number of phenols is 3. The Balaban J connectivity index is 0.000000234. The molecule has 9 N–H and O–H groups in total. The fourth-order valence-corrected chi connectivity index (χ4v) is 2.76. The molecule has 0 heterocycles. The minimum absolute atomic E-state index is 0.0221. The van der Waals surface area contributed by atoms with Crippen molar-refractivity contribution in [1.82, 2.24) is 0 Å². The highest BCUT2D eigenvalue weighted by Gasteiger charge is 2.57. The molecule has 0 atom stereocenters. The summed E-state index contributed by atoms with van der Waals surface area (Å²) in [5.41, 5.74) is 16.6. The van der Waals surface area contributed by atoms with Crippen LogP contribution in [0.2, 0.25) is 0 Å². The monoisotopic (exact) mass is 475 g/mol. The van der Waals surface area contributed by atoms with Crippen molar-refractivity contribution < 1.29 is 41.7 Å². The van der Waals surface area contributed by atoms with Crippen LogP contribution in [0.5, 0.6) is 17.2 Å². The largest absolute Gasteiger partial charge is 0.506 e. The molecule has 33 heavy (non-hydrogen) atoms. The zero-order valence-corrected chi connectivity index (χ0v) is 16.6. The van der Waals surface area contributed by atoms with Gasteiger partial charge in [-0.15, -0.1) is 0 Å². The molecule has 0 unspecified atom stereocenters. The third-order valence-corrected chi connectivity index (χ3v) is 4.43. The maximum atomic E-state index is 12.3. The van der Waals surface area contributed by atoms with Gasteiger partial charge in [0, 0.05) is 0 Å². The van der Waals surface area contributed by atoms with Gasteiger partial charge in [-0.2, -0.15) is 26.3 Å². The fourth-order valence-electron chi connectivity index (χ4n) is 2.76. The number of aromatic hydroxyl groups is 3. The number of anilines is 3. The summed E-state index contributed by atoms with van der Waals surface area (Å²) in [6.07, 6.45) is -10.9. The standard InChI is InChI=1S/C12H12N2O2.C9H7F6NO/c13-9-3-1-7(5-11(9)15)8-2-4-10(14)12(16)6-8;10-8(11,12)7(9(13,14)15)4-1-2-6(17)5(16)3-4/h1-6,15-16H,13-14H2;1-3,7,17H,16H2. The number of nitrogens with two attached hydrogens (primary N) is 3. The Bertz CT molecular complexity index is 1070. The maximum absolute atomic E-state index is 12.3. The lowest BCUT2D eigenvalue weighted by atomic mass is 9.97. The summed E-state index contributed by atoms with van der Waals surface area (Å²) in [4.78, 5) is 0. The van der Waals surface area contributed by atoms with E-state index in [1.165, 1.54) is 0 Å². The molecule has 3 aromatic rings. The number of alkyl halides is 6. The molecule has 0 aliphatic heterocycles. The number of hydrogen-bond acceptors (Lipinski definition) is 6. The molecule has 6 nitrogen and oxygen atoms in total. The van der Waals surface area contributed by atoms with Crippen molar-refractivity contribution in [1.29, 1.82) is 0 Å². The highest BCUT2D eigenvalue weighted by molar-refractivity contribution is 5.73. The van der Waals surface area contributed by atoms with Crippen molar-refractivity contribution in [2.45, 2.75) is 18.3 Å². The molecule has 0 aromatic heterocycles. The molecule has 0 amide bonds. The third-order valence-electron chi connectivity index (χ3n) is 4.43. The molecule has 0 fully saturated rings. The van der Waals surface area contributed by atoms with Crippen LogP contribution >= 0.6 is 0 Å². The zero-order valence-electron chi connectivity index (χ0n) is 16.6. The molecular weight excluding hydrogens is 456 g/mol. The second kappa shape index (κ2) is 9.27. The fraction of sp³-hybridized carbons (Fsp3) is 0.143. The molecule has 0 spiro atoms. The summed E-state index contributed by atoms with van der Waals surface area (Å²) >= 11 is 0. The summed E-state index contributed by atoms with van der Waals surface area (Å²) in [6, 6.07) is 11.5. The van der Waals surface area contributed by atoms with E-state index < -0.39 is 35.3 Å². The first-order chi connectivity index (χ1) is 15.1. The Labute approximate surface area is 183 Å². The molecular formula is C21H19F6N3O3. The SMILES string of the molecule is Nc1cc(C(C(F)(F)F)C(F)(F)F)ccc1O.Nc1ccc(-c2ccc(N)c(O)c2)cc1O. The Morgan fingerprint density at radius 3 is 1.30 bits per heavy atom. The summed E-state index contributed by atoms with van der Waals surface area (Å²) in [5.74, 6) is -4.14. The lowest BCUT2D eigenvalue weighted by Gasteiger charge is -2.23. The van der Waals surface area contributed by atoms with Crippen molar-refractivity contribution in [3.8, 4) is 28.4 Å². The predicted octanol–water partition coefficient (Wildman–Crippen LogP) is 5.11. The average Bonchev–Trinajstić information content (AvgIpc) is 2.67. The molecule has 0 radical (unpaired) electrons. The van der Waals surface area contributed by atoms with Crippen LogP contribution in [0.1, 0.15) is 11.5 Å². The topological polar surface area (TPSA) is 139 Å². The smallest absolute Gasteiger partial charge is 0.404 e. The minimum Gasteiger partial charge on any atom is -0.506 e. The summed E-state index contributed by atoms with van der Waals surface area (Å²) < 4.78 is 73.9. The van der Waals surface area contributed by atoms with Gasteiger partial charge < -0.3 is 32.5 Å². The minimum atomic E-state index is -5.47. The first-order valence-electron chi connectivity index (χ1n) is 9.00. The molecule has 0 bridgehead atoms. The number of halogens is 6. The number of benzene rings is 3. The van der Waals surface area contributed by atoms with Gasteiger partial charge in [0.05, 0.1) is 17.1 Å². The van der Waals surface area contributed by atoms with Crippen LogP contribution < -0.4 is 17.2 Å². The Kier molecular flexibility index (Phi) is 7.10. The first kappa shape index (κ1) is 25.3. The molecule has 0 saturated carbocycles. The summed E-state index contributed by atoms with van der Waals surface area (Å²) in [6.45, 7) is 0. The van der Waals surface area contributed by atoms with E-state index in [2.05, 4.69) is 0 Å². The average molecular weight is 475 g/mol. The lowest BCUT2D eigenvalue weighted by Crippen LogP contribution is -2.34. The van der Waals surface area contributed by atoms with Gasteiger partial charge in [0.2, 0.25) is 0 Å². The highest BCUT2D eigenvalue weighted by Crippen LogP contribution is 2.47. The Hall–Kier alpha value is -3.96. The summed E-state index contributed by atoms with van der Waals surface area (Å²) in [5, 5.41) is 27.9. The first-order valence-corrected chi connectivity index (χ1v) is 9.00. The van der Waals surface area contributed by atoms with E-state index in [1.807, 2.05) is 0 Å². The van der Waals surface area contributed by atoms with Gasteiger partial charge in [-0.3, -0.25) is 0 Å². The number of phenolic OH excluding ortho intramolecular Hbond substituents is 3. The van der Waals surface area contributed by atoms with Gasteiger partial charge >= 0.3 is 12.4 Å². The van der Waals surface area contributed by atoms with E-state index in [0.29, 0.717) is 29.6 Å². The molecule has 0 aliphatic carbocycles. The van der Waals surface area contributed by atoms with Crippen molar-refractivity contribution in [3.63, 3.8) is 0 Å². The van der Waals surface area contributed by atoms with Crippen LogP contribution in [0, 0.1) is 0 Å². The van der Waals surface area contributed by atoms with E-state index in [0.717, 1.165) is 11.1 Å². The zero-order chi connectivity index (χ0) is 25.1. The highest BCUT2D eigenvalue weighted by atomic mass is 19.4. The van der Waals surface area contributed by atoms with Gasteiger partial charge in [-0.1, -0.05) is 18.2 Å². The number of rotatable bonds is 2. The predicted molar refractivity (Wildman–Crippen MR) is 111 cm³/mol. The molecule has 3 aromatic carbocycles. The van der Waals surface area contributed by atoms with Crippen molar-refractivity contribution >= 4 is 17.1 Å². The third kappa shape index (κ3) is 6.28. The molecule has 12 heteroatoms. The number of nitrogen functional groups attached to an aromatic ring is 3. The number of hydrogen-bond donors (Lipinski definition) is 6. The van der Waals surface area contributed by atoms with Crippen molar-refractivity contribution in [2.75, 3.05) is 17.2 Å². The van der Waals surface area contributed by atoms with E-state index >= 15 is 0 Å². The van der Waals surface area contributed by atoms with Crippen LogP contribution in [-0.4, -0.2) is 27.7 Å². The van der Waals surface area contributed by atoms with E-state index in [9.17, 15) is 36.6 Å². The molecule has 0 aliphatic rings. The van der Waals surface area contributed by atoms with Gasteiger partial charge in [0.1, 0.15) is 17.2 Å². The molecule has 3 rings (SSSR count). The van der Waals surface area contributed by atoms with E-state index in [4.69, 9.17) is 22.3 Å². The van der Waals surface area contributed by atoms with E-state index in [1.54, 1.807) is 36.4 Å². The second-order valence-electron chi connectivity index (χ2n) is 6.88. The lowest BCUT2D eigenvalue weighted by molar-refractivity contribution is -0.253. The van der Waals surface area contributed by atoms with Crippen molar-refractivity contribution in [3.05, 3.63) is 60.2 Å². The van der Waals surface area contributed by atoms with Crippen LogP contribution in [-0.2, 0) is 0 Å². The van der Waals surface area contributed by atoms with Gasteiger partial charge in [0.25, 0.3) is 0 Å². The van der Waals surface area contributed by atoms with Crippen LogP contribution in [0.3, 0.4) is 0 Å². The van der Waals surface area contributed by atoms with Gasteiger partial charge in [-0.25, -0.2) is 0 Å². The second-order valence-corrected chi connectivity index (χ2v) is 6.88. The van der Waals surface area contributed by atoms with Gasteiger partial charge in [0.15, 0.2) is 5.92 Å². The quantitative estimate of drug-likeness (QED) is 0.173. The Morgan fingerprint density at radius 2 is 0.970 bits per heavy atom. The molecule has 178 valence electrons. The van der Waals surface area contributed by atoms with Crippen LogP contribution in [0.25, 0.3) is 11.1 Å². The van der Waals surface area contributed by atoms with Crippen molar-refractivity contribution in [2.24, 2.45) is 0 Å². The van der Waals surface area contributed by atoms with Crippen LogP contribution in [0.4, 0.5) is 43.4 Å². The summed E-state index contributed by atoms with van der Waals surface area (Å²) in [7, 11) is 0. The van der Waals surface area contributed by atoms with E-state index in [-0.39, 0.29) is 11.5 Å².